The molecule has 40 heavy (non-hydrogen) atoms. The lowest BCUT2D eigenvalue weighted by Gasteiger charge is -2.02. The lowest BCUT2D eigenvalue weighted by Crippen LogP contribution is -2.30. The second-order valence-electron chi connectivity index (χ2n) is 12.0. The Morgan fingerprint density at radius 3 is 1.05 bits per heavy atom. The first-order valence-electron chi connectivity index (χ1n) is 17.0. The first kappa shape index (κ1) is 32.2. The largest absolute Gasteiger partial charge is 0.248 e. The molecule has 0 fully saturated rings. The van der Waals surface area contributed by atoms with Crippen molar-refractivity contribution in [1.82, 2.24) is 9.13 Å². The maximum absolute atomic E-state index is 2.33. The van der Waals surface area contributed by atoms with Gasteiger partial charge >= 0.3 is 0 Å². The summed E-state index contributed by atoms with van der Waals surface area (Å²) in [5.41, 5.74) is 2.44. The number of rotatable bonds is 24. The predicted molar refractivity (Wildman–Crippen MR) is 169 cm³/mol. The van der Waals surface area contributed by atoms with Crippen molar-refractivity contribution in [2.45, 2.75) is 155 Å². The van der Waals surface area contributed by atoms with Gasteiger partial charge in [0.15, 0.2) is 0 Å². The zero-order valence-corrected chi connectivity index (χ0v) is 26.1. The Morgan fingerprint density at radius 2 is 0.725 bits per heavy atom. The van der Waals surface area contributed by atoms with Crippen molar-refractivity contribution >= 4 is 0 Å². The molecule has 0 saturated heterocycles. The molecule has 0 radical (unpaired) electrons. The van der Waals surface area contributed by atoms with Gasteiger partial charge in [-0.25, -0.2) is 18.3 Å². The Labute approximate surface area is 246 Å². The van der Waals surface area contributed by atoms with Crippen molar-refractivity contribution in [3.63, 3.8) is 0 Å². The average molecular weight is 549 g/mol. The molecule has 1 aromatic carbocycles. The van der Waals surface area contributed by atoms with Gasteiger partial charge in [-0.1, -0.05) is 117 Å². The summed E-state index contributed by atoms with van der Waals surface area (Å²) in [7, 11) is 0. The number of aromatic nitrogens is 4. The number of unbranched alkanes of at least 4 members (excludes halogenated alkanes) is 18. The van der Waals surface area contributed by atoms with E-state index in [0.29, 0.717) is 0 Å². The molecule has 0 aliphatic carbocycles. The van der Waals surface area contributed by atoms with Gasteiger partial charge in [0.1, 0.15) is 36.2 Å². The molecule has 2 aromatic heterocycles. The van der Waals surface area contributed by atoms with Crippen LogP contribution in [0.1, 0.15) is 142 Å². The van der Waals surface area contributed by atoms with Gasteiger partial charge in [0.05, 0.1) is 13.1 Å². The van der Waals surface area contributed by atoms with Gasteiger partial charge in [0, 0.05) is 0 Å². The quantitative estimate of drug-likeness (QED) is 0.0783. The highest BCUT2D eigenvalue weighted by atomic mass is 15.1. The monoisotopic (exact) mass is 548 g/mol. The number of nitrogens with zero attached hydrogens (tertiary/aromatic N) is 4. The van der Waals surface area contributed by atoms with Gasteiger partial charge in [0.25, 0.3) is 0 Å². The van der Waals surface area contributed by atoms with Crippen LogP contribution < -0.4 is 9.13 Å². The molecular weight excluding hydrogens is 488 g/mol. The SMILES string of the molecule is CCCCCCCCCCCC[n+]1ccn(-c2ccc(-n3cc[n+](CCCCCCCCCCCC)c3)cc2)c1. The molecule has 4 heteroatoms. The van der Waals surface area contributed by atoms with Crippen molar-refractivity contribution in [3.05, 3.63) is 61.7 Å². The molecule has 0 aliphatic rings. The van der Waals surface area contributed by atoms with Gasteiger partial charge in [-0.3, -0.25) is 0 Å². The summed E-state index contributed by atoms with van der Waals surface area (Å²) in [4.78, 5) is 0. The van der Waals surface area contributed by atoms with E-state index in [4.69, 9.17) is 0 Å². The number of aryl methyl sites for hydroxylation is 2. The van der Waals surface area contributed by atoms with Crippen LogP contribution in [0.2, 0.25) is 0 Å². The van der Waals surface area contributed by atoms with E-state index in [9.17, 15) is 0 Å². The Bertz CT molecular complexity index is 919. The third-order valence-electron chi connectivity index (χ3n) is 8.37. The molecule has 2 heterocycles. The van der Waals surface area contributed by atoms with E-state index in [1.54, 1.807) is 0 Å². The fourth-order valence-corrected chi connectivity index (χ4v) is 5.72. The van der Waals surface area contributed by atoms with Crippen LogP contribution in [0.4, 0.5) is 0 Å². The third-order valence-corrected chi connectivity index (χ3v) is 8.37. The number of benzene rings is 1. The molecular formula is C36H60N4+2. The van der Waals surface area contributed by atoms with Crippen molar-refractivity contribution in [2.24, 2.45) is 0 Å². The number of imidazole rings is 2. The molecule has 0 saturated carbocycles. The van der Waals surface area contributed by atoms with Gasteiger partial charge < -0.3 is 0 Å². The van der Waals surface area contributed by atoms with E-state index < -0.39 is 0 Å². The minimum atomic E-state index is 1.12. The summed E-state index contributed by atoms with van der Waals surface area (Å²) < 4.78 is 9.14. The summed E-state index contributed by atoms with van der Waals surface area (Å²) in [6.45, 7) is 6.81. The minimum absolute atomic E-state index is 1.12. The normalized spacial score (nSPS) is 11.4. The Balaban J connectivity index is 1.29. The number of hydrogen-bond acceptors (Lipinski definition) is 0. The molecule has 3 aromatic rings. The van der Waals surface area contributed by atoms with Crippen LogP contribution in [0.25, 0.3) is 11.4 Å². The zero-order valence-electron chi connectivity index (χ0n) is 26.1. The summed E-state index contributed by atoms with van der Waals surface area (Å²) in [6, 6.07) is 8.92. The van der Waals surface area contributed by atoms with Gasteiger partial charge in [-0.05, 0) is 49.9 Å². The standard InChI is InChI=1S/C36H60N4/c1-3-5-7-9-11-13-15-17-19-21-27-37-29-31-39(33-37)35-23-25-36(26-24-35)40-32-30-38(34-40)28-22-20-18-16-14-12-10-8-6-4-2/h23-26,29-34H,3-22,27-28H2,1-2H3/q+2. The highest BCUT2D eigenvalue weighted by molar-refractivity contribution is 5.41. The Morgan fingerprint density at radius 1 is 0.425 bits per heavy atom. The van der Waals surface area contributed by atoms with Crippen LogP contribution in [-0.2, 0) is 13.1 Å². The van der Waals surface area contributed by atoms with Crippen LogP contribution >= 0.6 is 0 Å². The maximum atomic E-state index is 2.33. The van der Waals surface area contributed by atoms with Crippen molar-refractivity contribution < 1.29 is 9.13 Å². The zero-order chi connectivity index (χ0) is 28.1. The average Bonchev–Trinajstić information content (AvgIpc) is 3.65. The van der Waals surface area contributed by atoms with Crippen LogP contribution in [0.3, 0.4) is 0 Å². The van der Waals surface area contributed by atoms with Gasteiger partial charge in [-0.2, -0.15) is 0 Å². The van der Waals surface area contributed by atoms with Crippen LogP contribution in [0, 0.1) is 0 Å². The van der Waals surface area contributed by atoms with Crippen LogP contribution in [0.15, 0.2) is 61.7 Å². The predicted octanol–water partition coefficient (Wildman–Crippen LogP) is 9.68. The second-order valence-corrected chi connectivity index (χ2v) is 12.0. The second kappa shape index (κ2) is 20.5. The van der Waals surface area contributed by atoms with E-state index >= 15 is 0 Å². The molecule has 0 N–H and O–H groups in total. The molecule has 0 atom stereocenters. The number of hydrogen-bond donors (Lipinski definition) is 0. The molecule has 3 rings (SSSR count). The molecule has 0 aliphatic heterocycles. The lowest BCUT2D eigenvalue weighted by molar-refractivity contribution is -0.696. The summed E-state index contributed by atoms with van der Waals surface area (Å²) in [5, 5.41) is 0. The fourth-order valence-electron chi connectivity index (χ4n) is 5.72. The third kappa shape index (κ3) is 12.9. The fraction of sp³-hybridized carbons (Fsp3) is 0.667. The van der Waals surface area contributed by atoms with Crippen LogP contribution in [-0.4, -0.2) is 9.13 Å². The molecule has 222 valence electrons. The van der Waals surface area contributed by atoms with Crippen molar-refractivity contribution in [3.8, 4) is 11.4 Å². The summed E-state index contributed by atoms with van der Waals surface area (Å²) >= 11 is 0. The highest BCUT2D eigenvalue weighted by Gasteiger charge is 2.10. The van der Waals surface area contributed by atoms with E-state index in [0.717, 1.165) is 13.1 Å². The Kier molecular flexibility index (Phi) is 16.5. The topological polar surface area (TPSA) is 17.6 Å². The van der Waals surface area contributed by atoms with E-state index in [1.165, 1.54) is 140 Å². The molecule has 0 spiro atoms. The van der Waals surface area contributed by atoms with Crippen molar-refractivity contribution in [1.29, 1.82) is 0 Å². The highest BCUT2D eigenvalue weighted by Crippen LogP contribution is 2.14. The molecule has 0 unspecified atom stereocenters. The summed E-state index contributed by atoms with van der Waals surface area (Å²) in [5.74, 6) is 0. The van der Waals surface area contributed by atoms with Crippen molar-refractivity contribution in [2.75, 3.05) is 0 Å². The minimum Gasteiger partial charge on any atom is -0.236 e. The first-order valence-corrected chi connectivity index (χ1v) is 17.0. The molecule has 0 amide bonds. The molecule has 4 nitrogen and oxygen atoms in total. The van der Waals surface area contributed by atoms with E-state index in [1.807, 2.05) is 0 Å². The van der Waals surface area contributed by atoms with Gasteiger partial charge in [-0.15, -0.1) is 0 Å². The maximum Gasteiger partial charge on any atom is 0.248 e. The summed E-state index contributed by atoms with van der Waals surface area (Å²) in [6.07, 6.45) is 41.0. The first-order chi connectivity index (χ1) is 19.8. The van der Waals surface area contributed by atoms with E-state index in [2.05, 4.69) is 93.8 Å². The molecule has 0 bridgehead atoms. The lowest BCUT2D eigenvalue weighted by atomic mass is 10.1. The van der Waals surface area contributed by atoms with E-state index in [-0.39, 0.29) is 0 Å². The van der Waals surface area contributed by atoms with Crippen LogP contribution in [0.5, 0.6) is 0 Å². The smallest absolute Gasteiger partial charge is 0.236 e. The van der Waals surface area contributed by atoms with Gasteiger partial charge in [0.2, 0.25) is 12.7 Å². The Hall–Kier alpha value is -2.36.